The molecule has 6 heteroatoms. The van der Waals surface area contributed by atoms with Gasteiger partial charge < -0.3 is 0 Å². The Hall–Kier alpha value is -1.98. The first kappa shape index (κ1) is 8.61. The Labute approximate surface area is 78.6 Å². The first-order valence-corrected chi connectivity index (χ1v) is 3.90. The second-order valence-electron chi connectivity index (χ2n) is 2.82. The van der Waals surface area contributed by atoms with Crippen molar-refractivity contribution in [2.24, 2.45) is 4.99 Å². The van der Waals surface area contributed by atoms with Crippen molar-refractivity contribution in [1.29, 1.82) is 0 Å². The van der Waals surface area contributed by atoms with Gasteiger partial charge >= 0.3 is 0 Å². The van der Waals surface area contributed by atoms with Gasteiger partial charge in [0.25, 0.3) is 5.69 Å². The van der Waals surface area contributed by atoms with Gasteiger partial charge in [-0.25, -0.2) is 0 Å². The zero-order valence-electron chi connectivity index (χ0n) is 7.05. The van der Waals surface area contributed by atoms with Crippen LogP contribution in [0.15, 0.2) is 23.2 Å². The first-order valence-electron chi connectivity index (χ1n) is 3.90. The molecule has 0 aromatic heterocycles. The lowest BCUT2D eigenvalue weighted by molar-refractivity contribution is -0.384. The van der Waals surface area contributed by atoms with Crippen LogP contribution in [0.25, 0.3) is 0 Å². The van der Waals surface area contributed by atoms with Gasteiger partial charge in [0.2, 0.25) is 0 Å². The monoisotopic (exact) mass is 195 g/mol. The van der Waals surface area contributed by atoms with Crippen LogP contribution in [0.3, 0.4) is 0 Å². The number of benzene rings is 1. The van der Waals surface area contributed by atoms with Crippen molar-refractivity contribution in [1.82, 2.24) is 0 Å². The molecule has 0 fully saturated rings. The Balaban J connectivity index is 2.50. The van der Waals surface area contributed by atoms with Crippen LogP contribution in [-0.4, -0.2) is 17.8 Å². The number of non-ortho nitro benzene ring substituents is 1. The van der Waals surface area contributed by atoms with Gasteiger partial charge in [-0.15, -0.1) is 0 Å². The fourth-order valence-corrected chi connectivity index (χ4v) is 1.27. The minimum Gasteiger partial charge on any atom is -0.268 e. The van der Waals surface area contributed by atoms with E-state index >= 15 is 0 Å². The number of fused-ring (bicyclic) bond motifs is 1. The van der Waals surface area contributed by atoms with Crippen molar-refractivity contribution in [2.45, 2.75) is 0 Å². The minimum absolute atomic E-state index is 0.0644. The molecule has 0 amide bonds. The van der Waals surface area contributed by atoms with Crippen LogP contribution in [-0.2, 0) is 0 Å². The molecule has 1 aliphatic rings. The summed E-state index contributed by atoms with van der Waals surface area (Å²) in [5, 5.41) is 10.9. The molecule has 1 aromatic rings. The van der Waals surface area contributed by atoms with Crippen LogP contribution in [0.5, 0.6) is 0 Å². The summed E-state index contributed by atoms with van der Waals surface area (Å²) in [5.74, 6) is 0. The van der Waals surface area contributed by atoms with Gasteiger partial charge in [-0.2, -0.15) is 5.12 Å². The van der Waals surface area contributed by atoms with Gasteiger partial charge in [-0.1, -0.05) is 4.48 Å². The Morgan fingerprint density at radius 1 is 1.57 bits per heavy atom. The molecule has 14 heavy (non-hydrogen) atoms. The molecule has 0 radical (unpaired) electrons. The Kier molecular flexibility index (Phi) is 1.88. The Morgan fingerprint density at radius 3 is 3.07 bits per heavy atom. The van der Waals surface area contributed by atoms with Crippen molar-refractivity contribution >= 4 is 17.6 Å². The molecular weight excluding hydrogens is 189 g/mol. The van der Waals surface area contributed by atoms with Gasteiger partial charge in [0.05, 0.1) is 10.6 Å². The van der Waals surface area contributed by atoms with E-state index in [1.165, 1.54) is 24.4 Å². The normalized spacial score (nSPS) is 13.9. The standard InChI is InChI=1S/C8H6FN3O2/c9-11-5-10-4-6-3-7(12(13)14)1-2-8(6)11/h1-4H,5H2. The van der Waals surface area contributed by atoms with Crippen LogP contribution >= 0.6 is 0 Å². The van der Waals surface area contributed by atoms with E-state index in [1.807, 2.05) is 0 Å². The summed E-state index contributed by atoms with van der Waals surface area (Å²) >= 11 is 0. The number of hydrogen-bond donors (Lipinski definition) is 0. The van der Waals surface area contributed by atoms with E-state index in [1.54, 1.807) is 0 Å². The highest BCUT2D eigenvalue weighted by Crippen LogP contribution is 2.26. The van der Waals surface area contributed by atoms with Gasteiger partial charge in [-0.05, 0) is 6.07 Å². The van der Waals surface area contributed by atoms with Crippen LogP contribution in [0, 0.1) is 10.1 Å². The maximum absolute atomic E-state index is 13.1. The lowest BCUT2D eigenvalue weighted by Gasteiger charge is -2.17. The van der Waals surface area contributed by atoms with Crippen molar-refractivity contribution in [2.75, 3.05) is 11.8 Å². The highest BCUT2D eigenvalue weighted by molar-refractivity contribution is 5.90. The molecule has 0 aliphatic carbocycles. The lowest BCUT2D eigenvalue weighted by atomic mass is 10.1. The van der Waals surface area contributed by atoms with Crippen molar-refractivity contribution in [3.8, 4) is 0 Å². The largest absolute Gasteiger partial charge is 0.270 e. The van der Waals surface area contributed by atoms with Gasteiger partial charge in [0.15, 0.2) is 0 Å². The number of nitro benzene ring substituents is 1. The van der Waals surface area contributed by atoms with Crippen molar-refractivity contribution in [3.05, 3.63) is 33.9 Å². The van der Waals surface area contributed by atoms with E-state index in [2.05, 4.69) is 4.99 Å². The van der Waals surface area contributed by atoms with Crippen LogP contribution < -0.4 is 5.12 Å². The topological polar surface area (TPSA) is 58.7 Å². The molecule has 0 atom stereocenters. The Morgan fingerprint density at radius 2 is 2.36 bits per heavy atom. The lowest BCUT2D eigenvalue weighted by Crippen LogP contribution is -2.17. The number of nitrogens with zero attached hydrogens (tertiary/aromatic N) is 3. The smallest absolute Gasteiger partial charge is 0.268 e. The zero-order chi connectivity index (χ0) is 10.1. The maximum Gasteiger partial charge on any atom is 0.270 e. The third kappa shape index (κ3) is 1.30. The highest BCUT2D eigenvalue weighted by Gasteiger charge is 2.16. The zero-order valence-corrected chi connectivity index (χ0v) is 7.05. The predicted octanol–water partition coefficient (Wildman–Crippen LogP) is 1.68. The van der Waals surface area contributed by atoms with Crippen molar-refractivity contribution in [3.63, 3.8) is 0 Å². The second-order valence-corrected chi connectivity index (χ2v) is 2.82. The highest BCUT2D eigenvalue weighted by atomic mass is 19.2. The molecule has 5 nitrogen and oxygen atoms in total. The molecule has 0 saturated heterocycles. The van der Waals surface area contributed by atoms with E-state index < -0.39 is 4.92 Å². The fourth-order valence-electron chi connectivity index (χ4n) is 1.27. The summed E-state index contributed by atoms with van der Waals surface area (Å²) in [6.07, 6.45) is 1.43. The number of nitro groups is 1. The number of rotatable bonds is 1. The number of anilines is 1. The second kappa shape index (κ2) is 3.06. The third-order valence-electron chi connectivity index (χ3n) is 1.92. The van der Waals surface area contributed by atoms with E-state index in [4.69, 9.17) is 0 Å². The molecular formula is C8H6FN3O2. The molecule has 72 valence electrons. The minimum atomic E-state index is -0.523. The number of hydrogen-bond acceptors (Lipinski definition) is 4. The van der Waals surface area contributed by atoms with Crippen LogP contribution in [0.4, 0.5) is 15.9 Å². The molecule has 1 heterocycles. The third-order valence-corrected chi connectivity index (χ3v) is 1.92. The fraction of sp³-hybridized carbons (Fsp3) is 0.125. The number of aliphatic imine (C=N–C) groups is 1. The summed E-state index contributed by atoms with van der Waals surface area (Å²) in [7, 11) is 0. The van der Waals surface area contributed by atoms with Gasteiger partial charge in [0, 0.05) is 23.9 Å². The number of halogens is 1. The average molecular weight is 195 g/mol. The molecule has 0 spiro atoms. The van der Waals surface area contributed by atoms with E-state index in [-0.39, 0.29) is 12.4 Å². The van der Waals surface area contributed by atoms with Crippen molar-refractivity contribution < 1.29 is 9.40 Å². The van der Waals surface area contributed by atoms with E-state index in [0.29, 0.717) is 16.4 Å². The molecule has 0 unspecified atom stereocenters. The quantitative estimate of drug-likeness (QED) is 0.389. The molecule has 0 N–H and O–H groups in total. The summed E-state index contributed by atoms with van der Waals surface area (Å²) < 4.78 is 13.1. The first-order chi connectivity index (χ1) is 6.68. The summed E-state index contributed by atoms with van der Waals surface area (Å²) in [6, 6.07) is 3.94. The summed E-state index contributed by atoms with van der Waals surface area (Å²) in [6.45, 7) is -0.0647. The molecule has 1 aliphatic heterocycles. The maximum atomic E-state index is 13.1. The molecule has 1 aromatic carbocycles. The average Bonchev–Trinajstić information content (AvgIpc) is 2.17. The van der Waals surface area contributed by atoms with E-state index in [9.17, 15) is 14.6 Å². The van der Waals surface area contributed by atoms with E-state index in [0.717, 1.165) is 0 Å². The molecule has 0 bridgehead atoms. The summed E-state index contributed by atoms with van der Waals surface area (Å²) in [4.78, 5) is 13.6. The molecule has 2 rings (SSSR count). The summed E-state index contributed by atoms with van der Waals surface area (Å²) in [5.41, 5.74) is 0.670. The van der Waals surface area contributed by atoms with Gasteiger partial charge in [0.1, 0.15) is 6.67 Å². The Bertz CT molecular complexity index is 419. The molecule has 0 saturated carbocycles. The predicted molar refractivity (Wildman–Crippen MR) is 49.1 cm³/mol. The van der Waals surface area contributed by atoms with Crippen LogP contribution in [0.2, 0.25) is 0 Å². The van der Waals surface area contributed by atoms with Gasteiger partial charge in [-0.3, -0.25) is 15.1 Å². The van der Waals surface area contributed by atoms with Crippen LogP contribution in [0.1, 0.15) is 5.56 Å². The SMILES string of the molecule is O=[N+]([O-])c1ccc2c(c1)C=NCN2F.